The molecule has 1 amide bonds. The zero-order chi connectivity index (χ0) is 20.4. The molecule has 0 fully saturated rings. The summed E-state index contributed by atoms with van der Waals surface area (Å²) in [5.74, 6) is -1.89. The minimum absolute atomic E-state index is 0.0298. The molecule has 0 saturated carbocycles. The number of halogens is 3. The number of thiophene rings is 1. The molecule has 2 aromatic rings. The summed E-state index contributed by atoms with van der Waals surface area (Å²) >= 11 is 1.37. The van der Waals surface area contributed by atoms with Crippen LogP contribution in [0.5, 0.6) is 0 Å². The summed E-state index contributed by atoms with van der Waals surface area (Å²) in [5.41, 5.74) is -1.35. The second-order valence-electron chi connectivity index (χ2n) is 6.56. The third-order valence-electron chi connectivity index (χ3n) is 4.01. The Hall–Kier alpha value is -2.36. The molecule has 10 heteroatoms. The first-order valence-electron chi connectivity index (χ1n) is 8.20. The van der Waals surface area contributed by atoms with Gasteiger partial charge in [0.05, 0.1) is 11.3 Å². The zero-order valence-corrected chi connectivity index (χ0v) is 15.8. The number of carbonyl (C=O) groups excluding carboxylic acids is 1. The molecule has 2 atom stereocenters. The lowest BCUT2D eigenvalue weighted by atomic mass is 9.93. The van der Waals surface area contributed by atoms with Crippen molar-refractivity contribution in [2.75, 3.05) is 5.32 Å². The van der Waals surface area contributed by atoms with E-state index in [0.29, 0.717) is 12.1 Å². The van der Waals surface area contributed by atoms with Crippen LogP contribution in [0.3, 0.4) is 0 Å². The predicted molar refractivity (Wildman–Crippen MR) is 94.9 cm³/mol. The maximum Gasteiger partial charge on any atom is 0.435 e. The van der Waals surface area contributed by atoms with E-state index in [0.717, 1.165) is 15.8 Å². The van der Waals surface area contributed by atoms with E-state index in [1.54, 1.807) is 11.4 Å². The highest BCUT2D eigenvalue weighted by atomic mass is 32.1. The Labute approximate surface area is 158 Å². The number of carboxylic acid groups (broad SMARTS) is 1. The number of anilines is 1. The van der Waals surface area contributed by atoms with Crippen molar-refractivity contribution in [3.05, 3.63) is 33.8 Å². The smallest absolute Gasteiger partial charge is 0.435 e. The lowest BCUT2D eigenvalue weighted by Crippen LogP contribution is -2.18. The summed E-state index contributed by atoms with van der Waals surface area (Å²) < 4.78 is 40.1. The SMILES string of the molecule is CC(CC(=O)O)CC(C)c1sccc1NC(=O)c1cn(C)nc1C(F)(F)F. The van der Waals surface area contributed by atoms with Gasteiger partial charge in [0.15, 0.2) is 5.69 Å². The Bertz CT molecular complexity index is 829. The summed E-state index contributed by atoms with van der Waals surface area (Å²) in [4.78, 5) is 24.0. The predicted octanol–water partition coefficient (Wildman–Crippen LogP) is 4.36. The average molecular weight is 403 g/mol. The molecular formula is C17H20F3N3O3S. The van der Waals surface area contributed by atoms with Crippen molar-refractivity contribution in [3.63, 3.8) is 0 Å². The van der Waals surface area contributed by atoms with Gasteiger partial charge < -0.3 is 10.4 Å². The molecule has 2 aromatic heterocycles. The number of alkyl halides is 3. The van der Waals surface area contributed by atoms with Gasteiger partial charge in [0, 0.05) is 24.5 Å². The van der Waals surface area contributed by atoms with Crippen LogP contribution in [0.25, 0.3) is 0 Å². The van der Waals surface area contributed by atoms with Gasteiger partial charge in [0.25, 0.3) is 5.91 Å². The first-order chi connectivity index (χ1) is 12.5. The summed E-state index contributed by atoms with van der Waals surface area (Å²) in [6.45, 7) is 3.72. The third-order valence-corrected chi connectivity index (χ3v) is 5.16. The van der Waals surface area contributed by atoms with Crippen LogP contribution in [0.1, 0.15) is 53.5 Å². The molecule has 2 rings (SSSR count). The van der Waals surface area contributed by atoms with Gasteiger partial charge in [-0.1, -0.05) is 13.8 Å². The first kappa shape index (κ1) is 20.9. The molecule has 0 aromatic carbocycles. The Kier molecular flexibility index (Phi) is 6.30. The van der Waals surface area contributed by atoms with Gasteiger partial charge >= 0.3 is 12.1 Å². The number of aromatic nitrogens is 2. The third kappa shape index (κ3) is 5.31. The number of amides is 1. The monoisotopic (exact) mass is 403 g/mol. The molecule has 0 saturated heterocycles. The molecule has 0 aliphatic heterocycles. The number of hydrogen-bond donors (Lipinski definition) is 2. The lowest BCUT2D eigenvalue weighted by Gasteiger charge is -2.17. The van der Waals surface area contributed by atoms with Crippen LogP contribution in [0.4, 0.5) is 18.9 Å². The van der Waals surface area contributed by atoms with Crippen LogP contribution in [0.2, 0.25) is 0 Å². The molecule has 2 heterocycles. The standard InChI is InChI=1S/C17H20F3N3O3S/c1-9(7-13(24)25)6-10(2)14-12(4-5-27-14)21-16(26)11-8-23(3)22-15(11)17(18,19)20/h4-5,8-10H,6-7H2,1-3H3,(H,21,26)(H,24,25). The second kappa shape index (κ2) is 8.12. The molecule has 0 aliphatic rings. The Morgan fingerprint density at radius 3 is 2.63 bits per heavy atom. The number of aryl methyl sites for hydroxylation is 1. The van der Waals surface area contributed by atoms with Crippen LogP contribution < -0.4 is 5.32 Å². The average Bonchev–Trinajstić information content (AvgIpc) is 3.12. The highest BCUT2D eigenvalue weighted by Gasteiger charge is 2.39. The number of aliphatic carboxylic acids is 1. The van der Waals surface area contributed by atoms with Crippen molar-refractivity contribution in [2.24, 2.45) is 13.0 Å². The van der Waals surface area contributed by atoms with E-state index < -0.39 is 29.3 Å². The summed E-state index contributed by atoms with van der Waals surface area (Å²) in [6, 6.07) is 1.62. The molecule has 2 unspecified atom stereocenters. The van der Waals surface area contributed by atoms with Gasteiger partial charge in [-0.2, -0.15) is 18.3 Å². The normalized spacial score (nSPS) is 14.0. The van der Waals surface area contributed by atoms with Gasteiger partial charge in [-0.3, -0.25) is 14.3 Å². The van der Waals surface area contributed by atoms with Crippen molar-refractivity contribution in [1.29, 1.82) is 0 Å². The molecule has 6 nitrogen and oxygen atoms in total. The second-order valence-corrected chi connectivity index (χ2v) is 7.50. The molecular weight excluding hydrogens is 383 g/mol. The van der Waals surface area contributed by atoms with Crippen molar-refractivity contribution in [3.8, 4) is 0 Å². The van der Waals surface area contributed by atoms with Crippen molar-refractivity contribution < 1.29 is 27.9 Å². The summed E-state index contributed by atoms with van der Waals surface area (Å²) in [7, 11) is 1.31. The quantitative estimate of drug-likeness (QED) is 0.720. The number of carbonyl (C=O) groups is 2. The van der Waals surface area contributed by atoms with Gasteiger partial charge in [-0.05, 0) is 29.7 Å². The lowest BCUT2D eigenvalue weighted by molar-refractivity contribution is -0.141. The molecule has 0 spiro atoms. The molecule has 0 aliphatic carbocycles. The van der Waals surface area contributed by atoms with E-state index in [1.807, 2.05) is 13.8 Å². The van der Waals surface area contributed by atoms with Gasteiger partial charge in [-0.15, -0.1) is 11.3 Å². The van der Waals surface area contributed by atoms with E-state index in [4.69, 9.17) is 5.11 Å². The van der Waals surface area contributed by atoms with E-state index in [2.05, 4.69) is 10.4 Å². The topological polar surface area (TPSA) is 84.2 Å². The highest BCUT2D eigenvalue weighted by molar-refractivity contribution is 7.10. The maximum atomic E-state index is 13.1. The maximum absolute atomic E-state index is 13.1. The highest BCUT2D eigenvalue weighted by Crippen LogP contribution is 2.36. The fourth-order valence-corrected chi connectivity index (χ4v) is 3.88. The van der Waals surface area contributed by atoms with E-state index in [9.17, 15) is 22.8 Å². The zero-order valence-electron chi connectivity index (χ0n) is 15.0. The fourth-order valence-electron chi connectivity index (χ4n) is 2.95. The first-order valence-corrected chi connectivity index (χ1v) is 9.08. The largest absolute Gasteiger partial charge is 0.481 e. The summed E-state index contributed by atoms with van der Waals surface area (Å²) in [6.07, 6.45) is -3.09. The van der Waals surface area contributed by atoms with Crippen molar-refractivity contribution >= 4 is 28.9 Å². The van der Waals surface area contributed by atoms with E-state index in [1.165, 1.54) is 18.4 Å². The molecule has 0 radical (unpaired) electrons. The van der Waals surface area contributed by atoms with Crippen molar-refractivity contribution in [1.82, 2.24) is 9.78 Å². The number of nitrogens with zero attached hydrogens (tertiary/aromatic N) is 2. The molecule has 27 heavy (non-hydrogen) atoms. The van der Waals surface area contributed by atoms with Gasteiger partial charge in [0.1, 0.15) is 0 Å². The van der Waals surface area contributed by atoms with Crippen LogP contribution in [-0.4, -0.2) is 26.8 Å². The van der Waals surface area contributed by atoms with Crippen LogP contribution >= 0.6 is 11.3 Å². The van der Waals surface area contributed by atoms with E-state index in [-0.39, 0.29) is 18.3 Å². The summed E-state index contributed by atoms with van der Waals surface area (Å²) in [5, 5.41) is 16.5. The Morgan fingerprint density at radius 1 is 1.37 bits per heavy atom. The fraction of sp³-hybridized carbons (Fsp3) is 0.471. The molecule has 148 valence electrons. The Balaban J connectivity index is 2.17. The van der Waals surface area contributed by atoms with Gasteiger partial charge in [-0.25, -0.2) is 0 Å². The molecule has 0 bridgehead atoms. The number of carboxylic acids is 1. The van der Waals surface area contributed by atoms with Crippen molar-refractivity contribution in [2.45, 2.75) is 38.8 Å². The van der Waals surface area contributed by atoms with Crippen LogP contribution in [0, 0.1) is 5.92 Å². The van der Waals surface area contributed by atoms with E-state index >= 15 is 0 Å². The minimum Gasteiger partial charge on any atom is -0.481 e. The van der Waals surface area contributed by atoms with Crippen LogP contribution in [-0.2, 0) is 18.0 Å². The number of rotatable bonds is 7. The van der Waals surface area contributed by atoms with Gasteiger partial charge in [0.2, 0.25) is 0 Å². The number of nitrogens with one attached hydrogen (secondary N) is 1. The van der Waals surface area contributed by atoms with Crippen LogP contribution in [0.15, 0.2) is 17.6 Å². The Morgan fingerprint density at radius 2 is 2.04 bits per heavy atom. The minimum atomic E-state index is -4.73. The molecule has 2 N–H and O–H groups in total. The number of hydrogen-bond acceptors (Lipinski definition) is 4.